The SMILES string of the molecule is CC(CCN(C)C)NC(=O)C(C(N)=NO)C(C)C. The molecule has 106 valence electrons. The van der Waals surface area contributed by atoms with Gasteiger partial charge in [-0.15, -0.1) is 0 Å². The summed E-state index contributed by atoms with van der Waals surface area (Å²) in [7, 11) is 3.98. The Morgan fingerprint density at radius 3 is 2.33 bits per heavy atom. The molecule has 0 saturated heterocycles. The van der Waals surface area contributed by atoms with Gasteiger partial charge in [-0.3, -0.25) is 4.79 Å². The third-order valence-electron chi connectivity index (χ3n) is 2.78. The lowest BCUT2D eigenvalue weighted by Gasteiger charge is -2.22. The molecule has 2 unspecified atom stereocenters. The molecule has 4 N–H and O–H groups in total. The number of hydrogen-bond acceptors (Lipinski definition) is 4. The van der Waals surface area contributed by atoms with Gasteiger partial charge in [0.2, 0.25) is 5.91 Å². The number of carbonyl (C=O) groups is 1. The maximum Gasteiger partial charge on any atom is 0.231 e. The summed E-state index contributed by atoms with van der Waals surface area (Å²) in [5.74, 6) is -0.826. The number of rotatable bonds is 7. The van der Waals surface area contributed by atoms with E-state index in [1.807, 2.05) is 34.9 Å². The van der Waals surface area contributed by atoms with Gasteiger partial charge in [0.25, 0.3) is 0 Å². The zero-order valence-corrected chi connectivity index (χ0v) is 12.0. The number of nitrogens with one attached hydrogen (secondary N) is 1. The molecule has 1 amide bonds. The molecule has 0 aromatic heterocycles. The van der Waals surface area contributed by atoms with Crippen LogP contribution in [0, 0.1) is 11.8 Å². The number of amides is 1. The summed E-state index contributed by atoms with van der Waals surface area (Å²) in [6.07, 6.45) is 0.861. The van der Waals surface area contributed by atoms with E-state index in [0.717, 1.165) is 13.0 Å². The fraction of sp³-hybridized carbons (Fsp3) is 0.833. The molecular formula is C12H26N4O2. The van der Waals surface area contributed by atoms with E-state index >= 15 is 0 Å². The Morgan fingerprint density at radius 2 is 1.94 bits per heavy atom. The van der Waals surface area contributed by atoms with Crippen LogP contribution in [0.4, 0.5) is 0 Å². The van der Waals surface area contributed by atoms with E-state index in [1.165, 1.54) is 0 Å². The third-order valence-corrected chi connectivity index (χ3v) is 2.78. The Balaban J connectivity index is 4.43. The highest BCUT2D eigenvalue weighted by Crippen LogP contribution is 2.12. The first kappa shape index (κ1) is 16.7. The number of hydrogen-bond donors (Lipinski definition) is 3. The quantitative estimate of drug-likeness (QED) is 0.268. The first-order valence-electron chi connectivity index (χ1n) is 6.22. The maximum atomic E-state index is 12.0. The molecular weight excluding hydrogens is 232 g/mol. The molecule has 0 aliphatic carbocycles. The highest BCUT2D eigenvalue weighted by molar-refractivity contribution is 6.02. The van der Waals surface area contributed by atoms with Crippen LogP contribution in [0.3, 0.4) is 0 Å². The fourth-order valence-electron chi connectivity index (χ4n) is 1.70. The van der Waals surface area contributed by atoms with Crippen molar-refractivity contribution in [3.05, 3.63) is 0 Å². The number of carbonyl (C=O) groups excluding carboxylic acids is 1. The van der Waals surface area contributed by atoms with Gasteiger partial charge < -0.3 is 21.2 Å². The van der Waals surface area contributed by atoms with Crippen LogP contribution >= 0.6 is 0 Å². The Bertz CT molecular complexity index is 290. The molecule has 18 heavy (non-hydrogen) atoms. The minimum atomic E-state index is -0.586. The number of nitrogens with two attached hydrogens (primary N) is 1. The standard InChI is InChI=1S/C12H26N4O2/c1-8(2)10(11(13)15-18)12(17)14-9(3)6-7-16(4)5/h8-10,18H,6-7H2,1-5H3,(H2,13,15)(H,14,17). The topological polar surface area (TPSA) is 91.0 Å². The van der Waals surface area contributed by atoms with Crippen LogP contribution in [0.15, 0.2) is 5.16 Å². The summed E-state index contributed by atoms with van der Waals surface area (Å²) < 4.78 is 0. The molecule has 0 radical (unpaired) electrons. The van der Waals surface area contributed by atoms with Gasteiger partial charge in [-0.25, -0.2) is 0 Å². The summed E-state index contributed by atoms with van der Waals surface area (Å²) in [4.78, 5) is 14.1. The highest BCUT2D eigenvalue weighted by Gasteiger charge is 2.27. The average Bonchev–Trinajstić information content (AvgIpc) is 2.25. The van der Waals surface area contributed by atoms with E-state index in [-0.39, 0.29) is 23.7 Å². The zero-order valence-electron chi connectivity index (χ0n) is 12.0. The van der Waals surface area contributed by atoms with E-state index in [2.05, 4.69) is 15.4 Å². The van der Waals surface area contributed by atoms with E-state index < -0.39 is 5.92 Å². The van der Waals surface area contributed by atoms with Gasteiger partial charge >= 0.3 is 0 Å². The smallest absolute Gasteiger partial charge is 0.231 e. The summed E-state index contributed by atoms with van der Waals surface area (Å²) in [5, 5.41) is 14.5. The van der Waals surface area contributed by atoms with Gasteiger partial charge in [0.05, 0.1) is 0 Å². The lowest BCUT2D eigenvalue weighted by Crippen LogP contribution is -2.45. The zero-order chi connectivity index (χ0) is 14.3. The molecule has 0 spiro atoms. The molecule has 0 aliphatic rings. The van der Waals surface area contributed by atoms with Gasteiger partial charge in [0.1, 0.15) is 5.92 Å². The van der Waals surface area contributed by atoms with E-state index in [1.54, 1.807) is 0 Å². The molecule has 0 fully saturated rings. The largest absolute Gasteiger partial charge is 0.409 e. The van der Waals surface area contributed by atoms with Gasteiger partial charge in [-0.05, 0) is 39.9 Å². The van der Waals surface area contributed by atoms with Crippen molar-refractivity contribution in [2.24, 2.45) is 22.7 Å². The van der Waals surface area contributed by atoms with Gasteiger partial charge in [-0.1, -0.05) is 19.0 Å². The monoisotopic (exact) mass is 258 g/mol. The molecule has 6 nitrogen and oxygen atoms in total. The normalized spacial score (nSPS) is 15.8. The van der Waals surface area contributed by atoms with E-state index in [0.29, 0.717) is 0 Å². The summed E-state index contributed by atoms with van der Waals surface area (Å²) in [6.45, 7) is 6.59. The van der Waals surface area contributed by atoms with Crippen LogP contribution in [0.5, 0.6) is 0 Å². The molecule has 0 aliphatic heterocycles. The average molecular weight is 258 g/mol. The highest BCUT2D eigenvalue weighted by atomic mass is 16.4. The first-order chi connectivity index (χ1) is 8.29. The van der Waals surface area contributed by atoms with Crippen LogP contribution in [0.25, 0.3) is 0 Å². The molecule has 2 atom stereocenters. The second kappa shape index (κ2) is 7.92. The Hall–Kier alpha value is -1.30. The van der Waals surface area contributed by atoms with Crippen LogP contribution < -0.4 is 11.1 Å². The fourth-order valence-corrected chi connectivity index (χ4v) is 1.70. The van der Waals surface area contributed by atoms with Crippen LogP contribution in [-0.2, 0) is 4.79 Å². The van der Waals surface area contributed by atoms with Gasteiger partial charge in [-0.2, -0.15) is 0 Å². The van der Waals surface area contributed by atoms with Gasteiger partial charge in [0, 0.05) is 6.04 Å². The summed E-state index contributed by atoms with van der Waals surface area (Å²) >= 11 is 0. The summed E-state index contributed by atoms with van der Waals surface area (Å²) in [5.41, 5.74) is 5.55. The maximum absolute atomic E-state index is 12.0. The van der Waals surface area contributed by atoms with Crippen molar-refractivity contribution >= 4 is 11.7 Å². The lowest BCUT2D eigenvalue weighted by molar-refractivity contribution is -0.124. The molecule has 0 heterocycles. The van der Waals surface area contributed by atoms with Crippen molar-refractivity contribution in [3.63, 3.8) is 0 Å². The molecule has 0 saturated carbocycles. The second-order valence-electron chi connectivity index (χ2n) is 5.25. The van der Waals surface area contributed by atoms with Crippen LogP contribution in [0.1, 0.15) is 27.2 Å². The molecule has 6 heteroatoms. The van der Waals surface area contributed by atoms with Gasteiger partial charge in [0.15, 0.2) is 5.84 Å². The van der Waals surface area contributed by atoms with Crippen molar-refractivity contribution in [2.45, 2.75) is 33.2 Å². The molecule has 0 bridgehead atoms. The van der Waals surface area contributed by atoms with Crippen LogP contribution in [-0.4, -0.2) is 48.5 Å². The molecule has 0 rings (SSSR count). The molecule has 0 aromatic rings. The Kier molecular flexibility index (Phi) is 7.35. The summed E-state index contributed by atoms with van der Waals surface area (Å²) in [6, 6.07) is 0.0626. The van der Waals surface area contributed by atoms with E-state index in [4.69, 9.17) is 10.9 Å². The minimum absolute atomic E-state index is 0.0121. The number of nitrogens with zero attached hydrogens (tertiary/aromatic N) is 2. The Labute approximate surface area is 109 Å². The van der Waals surface area contributed by atoms with Crippen molar-refractivity contribution in [2.75, 3.05) is 20.6 Å². The first-order valence-corrected chi connectivity index (χ1v) is 6.22. The third kappa shape index (κ3) is 5.86. The second-order valence-corrected chi connectivity index (χ2v) is 5.25. The van der Waals surface area contributed by atoms with Crippen molar-refractivity contribution in [1.29, 1.82) is 0 Å². The van der Waals surface area contributed by atoms with Crippen molar-refractivity contribution < 1.29 is 10.0 Å². The number of amidine groups is 1. The Morgan fingerprint density at radius 1 is 1.39 bits per heavy atom. The van der Waals surface area contributed by atoms with E-state index in [9.17, 15) is 4.79 Å². The molecule has 0 aromatic carbocycles. The number of oxime groups is 1. The van der Waals surface area contributed by atoms with Crippen molar-refractivity contribution in [3.8, 4) is 0 Å². The minimum Gasteiger partial charge on any atom is -0.409 e. The van der Waals surface area contributed by atoms with Crippen LogP contribution in [0.2, 0.25) is 0 Å². The predicted molar refractivity (Wildman–Crippen MR) is 72.5 cm³/mol. The lowest BCUT2D eigenvalue weighted by atomic mass is 9.93. The predicted octanol–water partition coefficient (Wildman–Crippen LogP) is 0.461. The van der Waals surface area contributed by atoms with Crippen molar-refractivity contribution in [1.82, 2.24) is 10.2 Å².